The molecule has 4 aromatic carbocycles. The molecule has 4 atom stereocenters. The van der Waals surface area contributed by atoms with Gasteiger partial charge in [-0.3, -0.25) is 4.90 Å². The number of quaternary nitrogens is 1. The highest BCUT2D eigenvalue weighted by Crippen LogP contribution is 2.51. The molecule has 0 aliphatic carbocycles. The Morgan fingerprint density at radius 3 is 2.27 bits per heavy atom. The number of fused-ring (bicyclic) bond motifs is 2. The summed E-state index contributed by atoms with van der Waals surface area (Å²) >= 11 is 7.18. The molecule has 0 saturated heterocycles. The van der Waals surface area contributed by atoms with E-state index in [1.165, 1.54) is 0 Å². The van der Waals surface area contributed by atoms with Crippen LogP contribution < -0.4 is 28.8 Å². The molecule has 0 fully saturated rings. The van der Waals surface area contributed by atoms with Crippen LogP contribution in [0.3, 0.4) is 0 Å². The van der Waals surface area contributed by atoms with Crippen LogP contribution in [-0.4, -0.2) is 69.9 Å². The number of benzene rings is 4. The van der Waals surface area contributed by atoms with Gasteiger partial charge in [0.2, 0.25) is 0 Å². The van der Waals surface area contributed by atoms with E-state index in [1.807, 2.05) is 56.4 Å². The van der Waals surface area contributed by atoms with Crippen LogP contribution in [0.1, 0.15) is 58.8 Å². The standard InChI is InChI=1S/C41H45ClN2O7/c1-7-31(41(45)46)44(3)17-15-26-21-34(48-5)36-23-29(26)32(44)19-24-8-11-28(12-9-24)50-35-20-25(10-13-33(35)47-4)18-30-38-27(14-16-43(30)2)22-37(49-6)39(42)40(38)51-36/h8-13,20-23,30-32H,7,14-19H2,1-6H3. The van der Waals surface area contributed by atoms with Gasteiger partial charge in [-0.1, -0.05) is 36.7 Å². The quantitative estimate of drug-likeness (QED) is 0.201. The third-order valence-electron chi connectivity index (χ3n) is 11.3. The maximum absolute atomic E-state index is 12.7. The summed E-state index contributed by atoms with van der Waals surface area (Å²) in [5, 5.41) is 13.1. The number of ether oxygens (including phenoxy) is 5. The monoisotopic (exact) mass is 712 g/mol. The highest BCUT2D eigenvalue weighted by atomic mass is 35.5. The molecule has 4 aromatic rings. The number of rotatable bonds is 6. The second-order valence-electron chi connectivity index (χ2n) is 14.1. The molecule has 268 valence electrons. The average molecular weight is 713 g/mol. The molecule has 4 unspecified atom stereocenters. The number of hydrogen-bond donors (Lipinski definition) is 0. The Morgan fingerprint density at radius 1 is 0.902 bits per heavy atom. The van der Waals surface area contributed by atoms with E-state index in [4.69, 9.17) is 35.3 Å². The number of carbonyl (C=O) groups excluding carboxylic acids is 1. The lowest BCUT2D eigenvalue weighted by Crippen LogP contribution is -2.63. The maximum atomic E-state index is 12.7. The molecule has 0 amide bonds. The molecule has 8 rings (SSSR count). The van der Waals surface area contributed by atoms with E-state index >= 15 is 0 Å². The van der Waals surface area contributed by atoms with Gasteiger partial charge in [-0.15, -0.1) is 0 Å². The number of likely N-dealkylation sites (N-methyl/N-ethyl adjacent to an activating group) is 2. The summed E-state index contributed by atoms with van der Waals surface area (Å²) < 4.78 is 31.2. The van der Waals surface area contributed by atoms with Crippen molar-refractivity contribution >= 4 is 17.6 Å². The summed E-state index contributed by atoms with van der Waals surface area (Å²) in [5.41, 5.74) is 6.33. The van der Waals surface area contributed by atoms with Crippen molar-refractivity contribution in [2.24, 2.45) is 0 Å². The molecule has 0 N–H and O–H groups in total. The smallest absolute Gasteiger partial charge is 0.169 e. The third-order valence-corrected chi connectivity index (χ3v) is 11.7. The molecule has 9 nitrogen and oxygen atoms in total. The van der Waals surface area contributed by atoms with Crippen LogP contribution in [0.5, 0.6) is 40.2 Å². The van der Waals surface area contributed by atoms with Gasteiger partial charge in [-0.25, -0.2) is 0 Å². The zero-order chi connectivity index (χ0) is 36.0. The van der Waals surface area contributed by atoms with E-state index in [2.05, 4.69) is 30.1 Å². The second kappa shape index (κ2) is 13.9. The van der Waals surface area contributed by atoms with Crippen LogP contribution in [0.4, 0.5) is 0 Å². The molecule has 4 heterocycles. The molecule has 4 aliphatic heterocycles. The first-order valence-electron chi connectivity index (χ1n) is 17.6. The van der Waals surface area contributed by atoms with Gasteiger partial charge in [0.1, 0.15) is 28.6 Å². The minimum absolute atomic E-state index is 0.0868. The zero-order valence-electron chi connectivity index (χ0n) is 30.1. The van der Waals surface area contributed by atoms with Crippen molar-refractivity contribution in [1.82, 2.24) is 4.90 Å². The van der Waals surface area contributed by atoms with Crippen LogP contribution in [0.2, 0.25) is 5.02 Å². The van der Waals surface area contributed by atoms with Crippen molar-refractivity contribution in [3.63, 3.8) is 0 Å². The van der Waals surface area contributed by atoms with Crippen molar-refractivity contribution < 1.29 is 38.1 Å². The highest BCUT2D eigenvalue weighted by Gasteiger charge is 2.45. The van der Waals surface area contributed by atoms with Gasteiger partial charge >= 0.3 is 0 Å². The molecule has 0 radical (unpaired) electrons. The van der Waals surface area contributed by atoms with Crippen LogP contribution in [-0.2, 0) is 30.5 Å². The Hall–Kier alpha value is -4.44. The number of hydrogen-bond acceptors (Lipinski definition) is 8. The number of carboxylic acids is 1. The molecular weight excluding hydrogens is 668 g/mol. The van der Waals surface area contributed by atoms with Crippen LogP contribution in [0.25, 0.3) is 0 Å². The zero-order valence-corrected chi connectivity index (χ0v) is 30.8. The fourth-order valence-corrected chi connectivity index (χ4v) is 8.74. The number of aliphatic carboxylic acids is 1. The predicted molar refractivity (Wildman–Crippen MR) is 194 cm³/mol. The Bertz CT molecular complexity index is 1970. The topological polar surface area (TPSA) is 89.5 Å². The number of methoxy groups -OCH3 is 3. The summed E-state index contributed by atoms with van der Waals surface area (Å²) in [4.78, 5) is 15.0. The van der Waals surface area contributed by atoms with Gasteiger partial charge in [-0.05, 0) is 84.6 Å². The number of carboxylic acid groups (broad SMARTS) is 1. The van der Waals surface area contributed by atoms with Crippen molar-refractivity contribution in [3.8, 4) is 40.2 Å². The Balaban J connectivity index is 1.48. The van der Waals surface area contributed by atoms with E-state index in [0.717, 1.165) is 46.3 Å². The van der Waals surface area contributed by atoms with E-state index in [1.54, 1.807) is 21.3 Å². The van der Waals surface area contributed by atoms with E-state index in [0.29, 0.717) is 82.0 Å². The Labute approximate surface area is 304 Å². The van der Waals surface area contributed by atoms with Crippen molar-refractivity contribution in [1.29, 1.82) is 0 Å². The third kappa shape index (κ3) is 6.26. The van der Waals surface area contributed by atoms with Crippen molar-refractivity contribution in [2.45, 2.75) is 57.2 Å². The van der Waals surface area contributed by atoms with E-state index in [9.17, 15) is 9.90 Å². The predicted octanol–water partition coefficient (Wildman–Crippen LogP) is 6.85. The summed E-state index contributed by atoms with van der Waals surface area (Å²) in [6.45, 7) is 3.39. The first-order chi connectivity index (χ1) is 24.6. The molecular formula is C41H45ClN2O7. The van der Waals surface area contributed by atoms with Gasteiger partial charge in [0.25, 0.3) is 0 Å². The minimum atomic E-state index is -1.04. The summed E-state index contributed by atoms with van der Waals surface area (Å²) in [7, 11) is 9.06. The van der Waals surface area contributed by atoms with E-state index < -0.39 is 12.0 Å². The molecule has 0 aromatic heterocycles. The van der Waals surface area contributed by atoms with Gasteiger partial charge in [-0.2, -0.15) is 0 Å². The first kappa shape index (κ1) is 35.0. The minimum Gasteiger partial charge on any atom is -0.544 e. The fourth-order valence-electron chi connectivity index (χ4n) is 8.47. The summed E-state index contributed by atoms with van der Waals surface area (Å²) in [6.07, 6.45) is 3.15. The number of carbonyl (C=O) groups is 1. The molecule has 51 heavy (non-hydrogen) atoms. The van der Waals surface area contributed by atoms with Gasteiger partial charge in [0.15, 0.2) is 28.7 Å². The highest BCUT2D eigenvalue weighted by molar-refractivity contribution is 6.33. The lowest BCUT2D eigenvalue weighted by molar-refractivity contribution is -0.958. The summed E-state index contributed by atoms with van der Waals surface area (Å²) in [5.74, 6) is 3.04. The first-order valence-corrected chi connectivity index (χ1v) is 17.9. The van der Waals surface area contributed by atoms with Crippen molar-refractivity contribution in [2.75, 3.05) is 48.5 Å². The second-order valence-corrected chi connectivity index (χ2v) is 14.4. The van der Waals surface area contributed by atoms with Crippen LogP contribution in [0, 0.1) is 0 Å². The average Bonchev–Trinajstić information content (AvgIpc) is 3.12. The maximum Gasteiger partial charge on any atom is 0.169 e. The molecule has 0 spiro atoms. The number of nitrogens with zero attached hydrogens (tertiary/aromatic N) is 2. The van der Waals surface area contributed by atoms with Crippen LogP contribution >= 0.6 is 11.6 Å². The molecule has 10 heteroatoms. The van der Waals surface area contributed by atoms with Crippen molar-refractivity contribution in [3.05, 3.63) is 99.1 Å². The summed E-state index contributed by atoms with van der Waals surface area (Å²) in [6, 6.07) is 19.2. The van der Waals surface area contributed by atoms with Gasteiger partial charge < -0.3 is 38.1 Å². The van der Waals surface area contributed by atoms with Gasteiger partial charge in [0, 0.05) is 43.0 Å². The SMILES string of the molecule is CCC(C(=O)[O-])[N+]1(C)CCc2cc(OC)c3cc2C1Cc1ccc(cc1)Oc1cc(ccc1OC)CC1c2c(cc(OC)c(Cl)c2O3)CCN1C. The molecule has 0 saturated carbocycles. The lowest BCUT2D eigenvalue weighted by atomic mass is 9.84. The Morgan fingerprint density at radius 2 is 1.59 bits per heavy atom. The lowest BCUT2D eigenvalue weighted by Gasteiger charge is -2.50. The van der Waals surface area contributed by atoms with E-state index in [-0.39, 0.29) is 12.1 Å². The Kier molecular flexibility index (Phi) is 9.56. The largest absolute Gasteiger partial charge is 0.544 e. The normalized spacial score (nSPS) is 21.6. The molecule has 4 aliphatic rings. The van der Waals surface area contributed by atoms with Crippen LogP contribution in [0.15, 0.2) is 60.7 Å². The number of halogens is 1. The van der Waals surface area contributed by atoms with Gasteiger partial charge in [0.05, 0.1) is 40.9 Å². The fraction of sp³-hybridized carbons (Fsp3) is 0.390. The molecule has 6 bridgehead atoms.